The zero-order valence-electron chi connectivity index (χ0n) is 23.0. The number of carbonyl (C=O) groups excluding carboxylic acids is 3. The van der Waals surface area contributed by atoms with Crippen molar-refractivity contribution >= 4 is 17.9 Å². The van der Waals surface area contributed by atoms with E-state index in [1.54, 1.807) is 0 Å². The van der Waals surface area contributed by atoms with Gasteiger partial charge in [0.1, 0.15) is 19.8 Å². The van der Waals surface area contributed by atoms with Crippen LogP contribution in [0.4, 0.5) is 0 Å². The summed E-state index contributed by atoms with van der Waals surface area (Å²) in [6.07, 6.45) is 14.2. The molecule has 0 fully saturated rings. The molecule has 0 aliphatic heterocycles. The molecule has 2 N–H and O–H groups in total. The molecule has 0 rings (SSSR count). The minimum absolute atomic E-state index is 0.0600. The molecule has 0 atom stereocenters. The highest BCUT2D eigenvalue weighted by atomic mass is 16.6. The van der Waals surface area contributed by atoms with Gasteiger partial charge in [0, 0.05) is 25.8 Å². The van der Waals surface area contributed by atoms with E-state index in [0.29, 0.717) is 25.8 Å². The highest BCUT2D eigenvalue weighted by Gasteiger charge is 2.17. The predicted molar refractivity (Wildman–Crippen MR) is 142 cm³/mol. The van der Waals surface area contributed by atoms with Gasteiger partial charge in [-0.3, -0.25) is 14.4 Å². The van der Waals surface area contributed by atoms with Crippen LogP contribution in [0, 0.1) is 5.92 Å². The Labute approximate surface area is 219 Å². The second kappa shape index (κ2) is 26.4. The third kappa shape index (κ3) is 24.0. The van der Waals surface area contributed by atoms with Gasteiger partial charge in [-0.2, -0.15) is 0 Å². The third-order valence-electron chi connectivity index (χ3n) is 5.93. The van der Waals surface area contributed by atoms with Gasteiger partial charge in [0.2, 0.25) is 0 Å². The predicted octanol–water partition coefficient (Wildman–Crippen LogP) is 5.10. The molecule has 0 radical (unpaired) electrons. The maximum absolute atomic E-state index is 12.1. The first-order chi connectivity index (χ1) is 17.5. The molecule has 0 spiro atoms. The summed E-state index contributed by atoms with van der Waals surface area (Å²) in [5, 5.41) is 11.8. The Balaban J connectivity index is 4.33. The van der Waals surface area contributed by atoms with E-state index in [1.807, 2.05) is 0 Å². The van der Waals surface area contributed by atoms with E-state index in [2.05, 4.69) is 19.2 Å². The van der Waals surface area contributed by atoms with Crippen LogP contribution in [0.1, 0.15) is 117 Å². The summed E-state index contributed by atoms with van der Waals surface area (Å²) in [6, 6.07) is 0. The Morgan fingerprint density at radius 1 is 0.583 bits per heavy atom. The molecule has 8 nitrogen and oxygen atoms in total. The lowest BCUT2D eigenvalue weighted by Crippen LogP contribution is -2.26. The van der Waals surface area contributed by atoms with E-state index < -0.39 is 0 Å². The fraction of sp³-hybridized carbons (Fsp3) is 0.893. The lowest BCUT2D eigenvalue weighted by molar-refractivity contribution is -0.153. The average molecular weight is 516 g/mol. The van der Waals surface area contributed by atoms with E-state index >= 15 is 0 Å². The van der Waals surface area contributed by atoms with Crippen LogP contribution in [-0.2, 0) is 28.6 Å². The van der Waals surface area contributed by atoms with E-state index in [4.69, 9.17) is 19.3 Å². The van der Waals surface area contributed by atoms with Crippen molar-refractivity contribution in [3.63, 3.8) is 0 Å². The van der Waals surface area contributed by atoms with Crippen LogP contribution in [0.2, 0.25) is 0 Å². The fourth-order valence-corrected chi connectivity index (χ4v) is 3.64. The van der Waals surface area contributed by atoms with Gasteiger partial charge in [-0.1, -0.05) is 71.6 Å². The summed E-state index contributed by atoms with van der Waals surface area (Å²) in [5.41, 5.74) is 0. The summed E-state index contributed by atoms with van der Waals surface area (Å²) in [5.74, 6) is -1.20. The number of hydrogen-bond acceptors (Lipinski definition) is 8. The van der Waals surface area contributed by atoms with Crippen molar-refractivity contribution in [2.24, 2.45) is 5.92 Å². The van der Waals surface area contributed by atoms with Crippen LogP contribution in [0.3, 0.4) is 0 Å². The van der Waals surface area contributed by atoms with Gasteiger partial charge >= 0.3 is 17.9 Å². The first-order valence-corrected chi connectivity index (χ1v) is 14.3. The van der Waals surface area contributed by atoms with Crippen molar-refractivity contribution < 1.29 is 33.7 Å². The Bertz CT molecular complexity index is 512. The zero-order chi connectivity index (χ0) is 26.7. The molecule has 0 heterocycles. The fourth-order valence-electron chi connectivity index (χ4n) is 3.64. The molecular formula is C28H53NO7. The molecule has 0 saturated heterocycles. The first kappa shape index (κ1) is 34.3. The Morgan fingerprint density at radius 3 is 1.36 bits per heavy atom. The molecular weight excluding hydrogens is 462 g/mol. The highest BCUT2D eigenvalue weighted by molar-refractivity contribution is 5.70. The Kier molecular flexibility index (Phi) is 25.2. The summed E-state index contributed by atoms with van der Waals surface area (Å²) >= 11 is 0. The molecule has 0 unspecified atom stereocenters. The van der Waals surface area contributed by atoms with Crippen LogP contribution in [-0.4, -0.2) is 62.5 Å². The number of carbonyl (C=O) groups is 3. The molecule has 0 aromatic heterocycles. The molecule has 0 aliphatic rings. The van der Waals surface area contributed by atoms with Gasteiger partial charge in [-0.25, -0.2) is 0 Å². The molecule has 0 aromatic rings. The number of ether oxygens (including phenoxy) is 3. The Hall–Kier alpha value is -1.67. The van der Waals surface area contributed by atoms with Crippen LogP contribution < -0.4 is 5.32 Å². The third-order valence-corrected chi connectivity index (χ3v) is 5.93. The number of esters is 3. The van der Waals surface area contributed by atoms with Crippen molar-refractivity contribution in [1.82, 2.24) is 5.32 Å². The molecule has 8 heteroatoms. The van der Waals surface area contributed by atoms with Crippen LogP contribution >= 0.6 is 0 Å². The number of hydrogen-bond donors (Lipinski definition) is 2. The van der Waals surface area contributed by atoms with Crippen LogP contribution in [0.15, 0.2) is 0 Å². The number of nitrogens with one attached hydrogen (secondary N) is 1. The van der Waals surface area contributed by atoms with Gasteiger partial charge in [0.05, 0.1) is 12.5 Å². The summed E-state index contributed by atoms with van der Waals surface area (Å²) in [6.45, 7) is 6.02. The Morgan fingerprint density at radius 2 is 0.972 bits per heavy atom. The van der Waals surface area contributed by atoms with Gasteiger partial charge in [-0.05, 0) is 32.2 Å². The maximum Gasteiger partial charge on any atom is 0.305 e. The standard InChI is InChI=1S/C28H53NO7/c1-3-5-7-9-12-16-26(31)34-22-25(23-35-27(32)17-13-10-8-6-4-2)24-36-28(33)18-14-11-15-19-29-20-21-30/h25,29-30H,3-24H2,1-2H3. The largest absolute Gasteiger partial charge is 0.465 e. The van der Waals surface area contributed by atoms with Crippen molar-refractivity contribution in [2.45, 2.75) is 117 Å². The van der Waals surface area contributed by atoms with Crippen LogP contribution in [0.5, 0.6) is 0 Å². The topological polar surface area (TPSA) is 111 Å². The monoisotopic (exact) mass is 515 g/mol. The van der Waals surface area contributed by atoms with Crippen molar-refractivity contribution in [2.75, 3.05) is 39.5 Å². The lowest BCUT2D eigenvalue weighted by atomic mass is 10.1. The number of rotatable bonds is 26. The van der Waals surface area contributed by atoms with Crippen molar-refractivity contribution in [1.29, 1.82) is 0 Å². The van der Waals surface area contributed by atoms with Gasteiger partial charge in [0.15, 0.2) is 0 Å². The van der Waals surface area contributed by atoms with E-state index in [9.17, 15) is 14.4 Å². The number of unbranched alkanes of at least 4 members (excludes halogenated alkanes) is 10. The molecule has 0 amide bonds. The SMILES string of the molecule is CCCCCCCC(=O)OCC(COC(=O)CCCCCCC)COC(=O)CCCCCNCCO. The lowest BCUT2D eigenvalue weighted by Gasteiger charge is -2.17. The number of aliphatic hydroxyl groups is 1. The summed E-state index contributed by atoms with van der Waals surface area (Å²) in [7, 11) is 0. The van der Waals surface area contributed by atoms with Crippen molar-refractivity contribution in [3.05, 3.63) is 0 Å². The molecule has 36 heavy (non-hydrogen) atoms. The van der Waals surface area contributed by atoms with Gasteiger partial charge in [0.25, 0.3) is 0 Å². The minimum atomic E-state index is -0.371. The average Bonchev–Trinajstić information content (AvgIpc) is 2.87. The smallest absolute Gasteiger partial charge is 0.305 e. The number of aliphatic hydroxyl groups excluding tert-OH is 1. The molecule has 0 saturated carbocycles. The van der Waals surface area contributed by atoms with E-state index in [0.717, 1.165) is 77.2 Å². The molecule has 0 aromatic carbocycles. The van der Waals surface area contributed by atoms with E-state index in [-0.39, 0.29) is 50.3 Å². The quantitative estimate of drug-likeness (QED) is 0.0930. The van der Waals surface area contributed by atoms with Gasteiger partial charge < -0.3 is 24.6 Å². The van der Waals surface area contributed by atoms with Crippen molar-refractivity contribution in [3.8, 4) is 0 Å². The molecule has 212 valence electrons. The van der Waals surface area contributed by atoms with Gasteiger partial charge in [-0.15, -0.1) is 0 Å². The normalized spacial score (nSPS) is 11.0. The minimum Gasteiger partial charge on any atom is -0.465 e. The van der Waals surface area contributed by atoms with Crippen LogP contribution in [0.25, 0.3) is 0 Å². The molecule has 0 aliphatic carbocycles. The highest BCUT2D eigenvalue weighted by Crippen LogP contribution is 2.10. The zero-order valence-corrected chi connectivity index (χ0v) is 23.0. The first-order valence-electron chi connectivity index (χ1n) is 14.3. The second-order valence-corrected chi connectivity index (χ2v) is 9.53. The second-order valence-electron chi connectivity index (χ2n) is 9.53. The maximum atomic E-state index is 12.1. The molecule has 0 bridgehead atoms. The summed E-state index contributed by atoms with van der Waals surface area (Å²) in [4.78, 5) is 36.3. The summed E-state index contributed by atoms with van der Waals surface area (Å²) < 4.78 is 16.2. The van der Waals surface area contributed by atoms with E-state index in [1.165, 1.54) is 12.8 Å².